The van der Waals surface area contributed by atoms with Crippen molar-refractivity contribution in [1.82, 2.24) is 14.8 Å². The van der Waals surface area contributed by atoms with Crippen LogP contribution in [0.3, 0.4) is 0 Å². The minimum absolute atomic E-state index is 0.0463. The second-order valence-corrected chi connectivity index (χ2v) is 8.35. The highest BCUT2D eigenvalue weighted by Gasteiger charge is 2.22. The second kappa shape index (κ2) is 9.35. The summed E-state index contributed by atoms with van der Waals surface area (Å²) in [4.78, 5) is 33.3. The van der Waals surface area contributed by atoms with E-state index < -0.39 is 0 Å². The summed E-state index contributed by atoms with van der Waals surface area (Å²) >= 11 is 0. The van der Waals surface area contributed by atoms with E-state index in [0.717, 1.165) is 24.2 Å². The number of halogens is 1. The molecule has 0 atom stereocenters. The molecule has 1 N–H and O–H groups in total. The summed E-state index contributed by atoms with van der Waals surface area (Å²) in [6.07, 6.45) is 5.80. The zero-order valence-corrected chi connectivity index (χ0v) is 18.6. The van der Waals surface area contributed by atoms with Gasteiger partial charge in [-0.1, -0.05) is 30.3 Å². The quantitative estimate of drug-likeness (QED) is 0.434. The molecular weight excluding hydrogens is 429 g/mol. The van der Waals surface area contributed by atoms with E-state index in [-0.39, 0.29) is 17.5 Å². The molecule has 0 saturated carbocycles. The largest absolute Gasteiger partial charge is 0.374 e. The number of carbonyl (C=O) groups is 2. The number of carbonyl (C=O) groups excluding carboxylic acids is 2. The highest BCUT2D eigenvalue weighted by Crippen LogP contribution is 2.24. The van der Waals surface area contributed by atoms with Crippen LogP contribution in [0, 0.1) is 5.82 Å². The molecule has 3 aromatic carbocycles. The van der Waals surface area contributed by atoms with Crippen LogP contribution in [0.2, 0.25) is 0 Å². The van der Waals surface area contributed by atoms with Crippen molar-refractivity contribution in [3.63, 3.8) is 0 Å². The number of hydrogen-bond donors (Lipinski definition) is 1. The van der Waals surface area contributed by atoms with E-state index in [1.165, 1.54) is 24.3 Å². The third-order valence-electron chi connectivity index (χ3n) is 6.16. The van der Waals surface area contributed by atoms with Gasteiger partial charge in [-0.2, -0.15) is 0 Å². The second-order valence-electron chi connectivity index (χ2n) is 8.35. The molecule has 5 nitrogen and oxygen atoms in total. The van der Waals surface area contributed by atoms with Crippen LogP contribution in [0.4, 0.5) is 4.39 Å². The number of benzene rings is 3. The molecule has 1 aliphatic heterocycles. The number of aromatic nitrogens is 1. The van der Waals surface area contributed by atoms with E-state index in [0.29, 0.717) is 35.2 Å². The summed E-state index contributed by atoms with van der Waals surface area (Å²) in [6, 6.07) is 21.0. The molecule has 1 fully saturated rings. The van der Waals surface area contributed by atoms with Crippen molar-refractivity contribution < 1.29 is 14.0 Å². The highest BCUT2D eigenvalue weighted by atomic mass is 19.1. The van der Waals surface area contributed by atoms with Crippen molar-refractivity contribution in [2.24, 2.45) is 0 Å². The van der Waals surface area contributed by atoms with Gasteiger partial charge in [0, 0.05) is 60.0 Å². The SMILES string of the molecule is O=C(c1ccc(F)cc1)c1c[nH]c2ccc(C(=O)N3CCN(C=Cc4ccccc4)CC3)cc12. The fraction of sp³-hybridized carbons (Fsp3) is 0.143. The molecular formula is C28H24FN3O2. The average Bonchev–Trinajstić information content (AvgIpc) is 3.31. The van der Waals surface area contributed by atoms with Crippen LogP contribution in [0.5, 0.6) is 0 Å². The number of piperazine rings is 1. The molecule has 0 spiro atoms. The molecule has 1 aromatic heterocycles. The van der Waals surface area contributed by atoms with E-state index >= 15 is 0 Å². The van der Waals surface area contributed by atoms with Gasteiger partial charge in [0.25, 0.3) is 5.91 Å². The lowest BCUT2D eigenvalue weighted by atomic mass is 10.0. The van der Waals surface area contributed by atoms with Crippen LogP contribution in [0.15, 0.2) is 85.2 Å². The van der Waals surface area contributed by atoms with Gasteiger partial charge < -0.3 is 14.8 Å². The number of nitrogens with zero attached hydrogens (tertiary/aromatic N) is 2. The van der Waals surface area contributed by atoms with Crippen LogP contribution in [-0.4, -0.2) is 52.7 Å². The molecule has 1 amide bonds. The lowest BCUT2D eigenvalue weighted by Gasteiger charge is -2.34. The van der Waals surface area contributed by atoms with Gasteiger partial charge in [0.15, 0.2) is 5.78 Å². The number of hydrogen-bond acceptors (Lipinski definition) is 3. The summed E-state index contributed by atoms with van der Waals surface area (Å²) in [7, 11) is 0. The summed E-state index contributed by atoms with van der Waals surface area (Å²) < 4.78 is 13.2. The highest BCUT2D eigenvalue weighted by molar-refractivity contribution is 6.17. The van der Waals surface area contributed by atoms with Gasteiger partial charge in [-0.05, 0) is 60.3 Å². The van der Waals surface area contributed by atoms with Gasteiger partial charge in [0.2, 0.25) is 0 Å². The van der Waals surface area contributed by atoms with Crippen molar-refractivity contribution in [3.8, 4) is 0 Å². The lowest BCUT2D eigenvalue weighted by Crippen LogP contribution is -2.46. The van der Waals surface area contributed by atoms with Crippen LogP contribution in [0.1, 0.15) is 31.8 Å². The maximum atomic E-state index is 13.2. The number of aromatic amines is 1. The zero-order chi connectivity index (χ0) is 23.5. The Morgan fingerprint density at radius 1 is 0.853 bits per heavy atom. The minimum Gasteiger partial charge on any atom is -0.374 e. The van der Waals surface area contributed by atoms with Gasteiger partial charge >= 0.3 is 0 Å². The summed E-state index contributed by atoms with van der Waals surface area (Å²) in [5, 5.41) is 0.685. The maximum Gasteiger partial charge on any atom is 0.253 e. The van der Waals surface area contributed by atoms with E-state index in [1.807, 2.05) is 29.2 Å². The Morgan fingerprint density at radius 3 is 2.29 bits per heavy atom. The predicted molar refractivity (Wildman–Crippen MR) is 131 cm³/mol. The van der Waals surface area contributed by atoms with Crippen molar-refractivity contribution in [2.75, 3.05) is 26.2 Å². The Hall–Kier alpha value is -4.19. The first-order valence-corrected chi connectivity index (χ1v) is 11.3. The molecule has 1 aliphatic rings. The number of H-pyrrole nitrogens is 1. The van der Waals surface area contributed by atoms with Crippen molar-refractivity contribution in [2.45, 2.75) is 0 Å². The van der Waals surface area contributed by atoms with E-state index in [9.17, 15) is 14.0 Å². The Labute approximate surface area is 197 Å². The standard InChI is InChI=1S/C28H24FN3O2/c29-23-9-6-21(7-10-23)27(33)25-19-30-26-11-8-22(18-24(25)26)28(34)32-16-14-31(15-17-32)13-12-20-4-2-1-3-5-20/h1-13,18-19,30H,14-17H2. The number of amides is 1. The van der Waals surface area contributed by atoms with Crippen LogP contribution >= 0.6 is 0 Å². The Bertz CT molecular complexity index is 1350. The molecule has 0 aliphatic carbocycles. The normalized spacial score (nSPS) is 14.1. The molecule has 2 heterocycles. The van der Waals surface area contributed by atoms with Crippen LogP contribution in [-0.2, 0) is 0 Å². The first-order chi connectivity index (χ1) is 16.6. The Morgan fingerprint density at radius 2 is 1.56 bits per heavy atom. The van der Waals surface area contributed by atoms with Crippen molar-refractivity contribution >= 4 is 28.7 Å². The molecule has 170 valence electrons. The molecule has 34 heavy (non-hydrogen) atoms. The summed E-state index contributed by atoms with van der Waals surface area (Å²) in [5.41, 5.74) is 3.34. The predicted octanol–water partition coefficient (Wildman–Crippen LogP) is 4.97. The first kappa shape index (κ1) is 21.6. The molecule has 0 bridgehead atoms. The first-order valence-electron chi connectivity index (χ1n) is 11.3. The molecule has 6 heteroatoms. The third kappa shape index (κ3) is 4.48. The number of fused-ring (bicyclic) bond motifs is 1. The molecule has 0 radical (unpaired) electrons. The molecule has 4 aromatic rings. The fourth-order valence-corrected chi connectivity index (χ4v) is 4.21. The molecule has 5 rings (SSSR count). The number of rotatable bonds is 5. The third-order valence-corrected chi connectivity index (χ3v) is 6.16. The smallest absolute Gasteiger partial charge is 0.253 e. The summed E-state index contributed by atoms with van der Waals surface area (Å²) in [6.45, 7) is 2.78. The van der Waals surface area contributed by atoms with E-state index in [2.05, 4.69) is 34.3 Å². The number of nitrogens with one attached hydrogen (secondary N) is 1. The maximum absolute atomic E-state index is 13.2. The van der Waals surface area contributed by atoms with Gasteiger partial charge in [0.1, 0.15) is 5.82 Å². The number of ketones is 1. The molecule has 1 saturated heterocycles. The van der Waals surface area contributed by atoms with Gasteiger partial charge in [-0.3, -0.25) is 9.59 Å². The van der Waals surface area contributed by atoms with Gasteiger partial charge in [-0.15, -0.1) is 0 Å². The summed E-state index contributed by atoms with van der Waals surface area (Å²) in [5.74, 6) is -0.649. The van der Waals surface area contributed by atoms with Gasteiger partial charge in [-0.25, -0.2) is 4.39 Å². The van der Waals surface area contributed by atoms with Gasteiger partial charge in [0.05, 0.1) is 0 Å². The Kier molecular flexibility index (Phi) is 5.95. The lowest BCUT2D eigenvalue weighted by molar-refractivity contribution is 0.0680. The van der Waals surface area contributed by atoms with Crippen LogP contribution in [0.25, 0.3) is 17.0 Å². The molecule has 0 unspecified atom stereocenters. The minimum atomic E-state index is -0.390. The Balaban J connectivity index is 1.29. The van der Waals surface area contributed by atoms with Crippen molar-refractivity contribution in [1.29, 1.82) is 0 Å². The van der Waals surface area contributed by atoms with E-state index in [4.69, 9.17) is 0 Å². The zero-order valence-electron chi connectivity index (χ0n) is 18.6. The average molecular weight is 454 g/mol. The van der Waals surface area contributed by atoms with Crippen molar-refractivity contribution in [3.05, 3.63) is 113 Å². The fourth-order valence-electron chi connectivity index (χ4n) is 4.21. The topological polar surface area (TPSA) is 56.4 Å². The van der Waals surface area contributed by atoms with E-state index in [1.54, 1.807) is 18.3 Å². The monoisotopic (exact) mass is 453 g/mol. The van der Waals surface area contributed by atoms with Crippen LogP contribution < -0.4 is 0 Å².